The van der Waals surface area contributed by atoms with Gasteiger partial charge in [-0.1, -0.05) is 31.2 Å². The lowest BCUT2D eigenvalue weighted by atomic mass is 10.1. The number of methoxy groups -OCH3 is 1. The number of hydrogen-bond acceptors (Lipinski definition) is 4. The van der Waals surface area contributed by atoms with Crippen LogP contribution >= 0.6 is 0 Å². The summed E-state index contributed by atoms with van der Waals surface area (Å²) in [4.78, 5) is 23.5. The quantitative estimate of drug-likeness (QED) is 0.566. The van der Waals surface area contributed by atoms with E-state index in [-0.39, 0.29) is 11.7 Å². The van der Waals surface area contributed by atoms with Crippen molar-refractivity contribution in [1.29, 1.82) is 0 Å². The second kappa shape index (κ2) is 9.42. The lowest BCUT2D eigenvalue weighted by Crippen LogP contribution is -2.06. The van der Waals surface area contributed by atoms with Gasteiger partial charge >= 0.3 is 0 Å². The van der Waals surface area contributed by atoms with Crippen LogP contribution in [0.15, 0.2) is 48.5 Å². The Bertz CT molecular complexity index is 811. The molecule has 0 aliphatic heterocycles. The molecule has 0 aromatic heterocycles. The lowest BCUT2D eigenvalue weighted by Gasteiger charge is -2.10. The fraction of sp³-hybridized carbons (Fsp3) is 0.238. The van der Waals surface area contributed by atoms with Gasteiger partial charge < -0.3 is 14.8 Å². The maximum atomic E-state index is 12.4. The molecule has 2 rings (SSSR count). The molecule has 5 nitrogen and oxygen atoms in total. The van der Waals surface area contributed by atoms with Crippen LogP contribution in [0.25, 0.3) is 6.08 Å². The number of anilines is 1. The van der Waals surface area contributed by atoms with Crippen LogP contribution in [-0.2, 0) is 4.79 Å². The second-order valence-corrected chi connectivity index (χ2v) is 5.72. The number of amides is 1. The summed E-state index contributed by atoms with van der Waals surface area (Å²) in [7, 11) is 1.58. The monoisotopic (exact) mass is 353 g/mol. The zero-order valence-corrected chi connectivity index (χ0v) is 15.2. The van der Waals surface area contributed by atoms with Crippen molar-refractivity contribution < 1.29 is 19.1 Å². The van der Waals surface area contributed by atoms with E-state index in [1.807, 2.05) is 25.1 Å². The van der Waals surface area contributed by atoms with Crippen LogP contribution in [0.4, 0.5) is 5.69 Å². The van der Waals surface area contributed by atoms with Gasteiger partial charge in [0.15, 0.2) is 17.3 Å². The molecule has 0 bridgehead atoms. The molecular formula is C21H23NO4. The molecule has 0 aliphatic carbocycles. The Morgan fingerprint density at radius 1 is 1.12 bits per heavy atom. The first-order valence-corrected chi connectivity index (χ1v) is 8.44. The molecule has 0 atom stereocenters. The molecule has 1 N–H and O–H groups in total. The van der Waals surface area contributed by atoms with Crippen molar-refractivity contribution >= 4 is 23.5 Å². The molecule has 0 heterocycles. The van der Waals surface area contributed by atoms with Crippen LogP contribution in [0, 0.1) is 0 Å². The number of carbonyl (C=O) groups is 2. The Balaban J connectivity index is 2.13. The number of hydrogen-bond donors (Lipinski definition) is 1. The van der Waals surface area contributed by atoms with Crippen LogP contribution in [-0.4, -0.2) is 25.4 Å². The van der Waals surface area contributed by atoms with E-state index in [9.17, 15) is 9.59 Å². The van der Waals surface area contributed by atoms with Crippen LogP contribution in [0.5, 0.6) is 11.5 Å². The molecule has 0 fully saturated rings. The van der Waals surface area contributed by atoms with Crippen molar-refractivity contribution in [3.63, 3.8) is 0 Å². The Morgan fingerprint density at radius 2 is 1.92 bits per heavy atom. The highest BCUT2D eigenvalue weighted by molar-refractivity contribution is 6.07. The Morgan fingerprint density at radius 3 is 2.62 bits per heavy atom. The number of rotatable bonds is 8. The van der Waals surface area contributed by atoms with Gasteiger partial charge in [0.2, 0.25) is 5.91 Å². The summed E-state index contributed by atoms with van der Waals surface area (Å²) in [5.74, 6) is 0.978. The van der Waals surface area contributed by atoms with E-state index in [1.165, 1.54) is 13.0 Å². The third-order valence-electron chi connectivity index (χ3n) is 3.54. The van der Waals surface area contributed by atoms with Gasteiger partial charge in [-0.05, 0) is 42.3 Å². The predicted molar refractivity (Wildman–Crippen MR) is 103 cm³/mol. The van der Waals surface area contributed by atoms with Crippen LogP contribution in [0.3, 0.4) is 0 Å². The number of carbonyl (C=O) groups excluding carboxylic acids is 2. The summed E-state index contributed by atoms with van der Waals surface area (Å²) in [6.45, 7) is 4.08. The van der Waals surface area contributed by atoms with E-state index in [0.29, 0.717) is 29.4 Å². The highest BCUT2D eigenvalue weighted by Crippen LogP contribution is 2.28. The molecule has 1 amide bonds. The third-order valence-corrected chi connectivity index (χ3v) is 3.54. The molecule has 0 radical (unpaired) electrons. The Labute approximate surface area is 153 Å². The van der Waals surface area contributed by atoms with Crippen molar-refractivity contribution in [3.8, 4) is 11.5 Å². The standard InChI is InChI=1S/C21H23NO4/c1-4-12-26-20-11-9-16(13-21(20)25-3)8-10-19(24)17-6-5-7-18(14-17)22-15(2)23/h5-11,13-14H,4,12H2,1-3H3,(H,22,23)/b10-8+. The van der Waals surface area contributed by atoms with Crippen molar-refractivity contribution in [3.05, 3.63) is 59.7 Å². The van der Waals surface area contributed by atoms with Crippen LogP contribution in [0.2, 0.25) is 0 Å². The predicted octanol–water partition coefficient (Wildman–Crippen LogP) is 4.34. The average Bonchev–Trinajstić information content (AvgIpc) is 2.64. The summed E-state index contributed by atoms with van der Waals surface area (Å²) in [6, 6.07) is 12.3. The molecule has 2 aromatic carbocycles. The highest BCUT2D eigenvalue weighted by atomic mass is 16.5. The van der Waals surface area contributed by atoms with E-state index in [0.717, 1.165) is 12.0 Å². The van der Waals surface area contributed by atoms with Crippen molar-refractivity contribution in [2.75, 3.05) is 19.0 Å². The molecule has 0 spiro atoms. The molecule has 136 valence electrons. The first kappa shape index (κ1) is 19.2. The van der Waals surface area contributed by atoms with Gasteiger partial charge in [-0.3, -0.25) is 9.59 Å². The Kier molecular flexibility index (Phi) is 6.97. The van der Waals surface area contributed by atoms with Gasteiger partial charge in [0.05, 0.1) is 13.7 Å². The van der Waals surface area contributed by atoms with Gasteiger partial charge in [-0.25, -0.2) is 0 Å². The molecule has 26 heavy (non-hydrogen) atoms. The molecule has 5 heteroatoms. The van der Waals surface area contributed by atoms with E-state index < -0.39 is 0 Å². The van der Waals surface area contributed by atoms with Gasteiger partial charge in [-0.15, -0.1) is 0 Å². The first-order chi connectivity index (χ1) is 12.5. The first-order valence-electron chi connectivity index (χ1n) is 8.44. The van der Waals surface area contributed by atoms with E-state index in [1.54, 1.807) is 37.5 Å². The van der Waals surface area contributed by atoms with Gasteiger partial charge in [0, 0.05) is 18.2 Å². The minimum absolute atomic E-state index is 0.150. The average molecular weight is 353 g/mol. The number of allylic oxidation sites excluding steroid dienone is 1. The zero-order chi connectivity index (χ0) is 18.9. The smallest absolute Gasteiger partial charge is 0.221 e. The number of benzene rings is 2. The summed E-state index contributed by atoms with van der Waals surface area (Å²) in [5.41, 5.74) is 1.93. The number of ketones is 1. The lowest BCUT2D eigenvalue weighted by molar-refractivity contribution is -0.114. The Hall–Kier alpha value is -3.08. The summed E-state index contributed by atoms with van der Waals surface area (Å²) < 4.78 is 11.0. The fourth-order valence-electron chi connectivity index (χ4n) is 2.34. The summed E-state index contributed by atoms with van der Waals surface area (Å²) in [5, 5.41) is 2.67. The van der Waals surface area contributed by atoms with E-state index in [2.05, 4.69) is 5.32 Å². The molecular weight excluding hydrogens is 330 g/mol. The zero-order valence-electron chi connectivity index (χ0n) is 15.2. The normalized spacial score (nSPS) is 10.6. The number of ether oxygens (including phenoxy) is 2. The summed E-state index contributed by atoms with van der Waals surface area (Å²) >= 11 is 0. The highest BCUT2D eigenvalue weighted by Gasteiger charge is 2.06. The SMILES string of the molecule is CCCOc1ccc(/C=C/C(=O)c2cccc(NC(C)=O)c2)cc1OC. The summed E-state index contributed by atoms with van der Waals surface area (Å²) in [6.07, 6.45) is 4.13. The molecule has 2 aromatic rings. The van der Waals surface area contributed by atoms with Crippen molar-refractivity contribution in [2.45, 2.75) is 20.3 Å². The van der Waals surface area contributed by atoms with Gasteiger partial charge in [-0.2, -0.15) is 0 Å². The fourth-order valence-corrected chi connectivity index (χ4v) is 2.34. The molecule has 0 saturated heterocycles. The maximum absolute atomic E-state index is 12.4. The minimum Gasteiger partial charge on any atom is -0.493 e. The van der Waals surface area contributed by atoms with Crippen molar-refractivity contribution in [1.82, 2.24) is 0 Å². The second-order valence-electron chi connectivity index (χ2n) is 5.72. The third kappa shape index (κ3) is 5.48. The van der Waals surface area contributed by atoms with E-state index >= 15 is 0 Å². The van der Waals surface area contributed by atoms with Crippen LogP contribution in [0.1, 0.15) is 36.2 Å². The van der Waals surface area contributed by atoms with Gasteiger partial charge in [0.25, 0.3) is 0 Å². The van der Waals surface area contributed by atoms with E-state index in [4.69, 9.17) is 9.47 Å². The maximum Gasteiger partial charge on any atom is 0.221 e. The molecule has 0 saturated carbocycles. The molecule has 0 unspecified atom stereocenters. The largest absolute Gasteiger partial charge is 0.493 e. The topological polar surface area (TPSA) is 64.6 Å². The number of nitrogens with one attached hydrogen (secondary N) is 1. The van der Waals surface area contributed by atoms with Gasteiger partial charge in [0.1, 0.15) is 0 Å². The molecule has 0 aliphatic rings. The minimum atomic E-state index is -0.178. The van der Waals surface area contributed by atoms with Crippen molar-refractivity contribution in [2.24, 2.45) is 0 Å². The van der Waals surface area contributed by atoms with Crippen LogP contribution < -0.4 is 14.8 Å².